The van der Waals surface area contributed by atoms with Crippen LogP contribution < -0.4 is 10.2 Å². The minimum atomic E-state index is -0.960. The van der Waals surface area contributed by atoms with Crippen LogP contribution in [0.3, 0.4) is 0 Å². The molecule has 1 amide bonds. The lowest BCUT2D eigenvalue weighted by molar-refractivity contribution is -0.114. The highest BCUT2D eigenvalue weighted by Crippen LogP contribution is 2.44. The van der Waals surface area contributed by atoms with Gasteiger partial charge in [-0.2, -0.15) is 5.10 Å². The normalized spacial score (nSPS) is 17.6. The molecule has 1 atom stereocenters. The molecule has 1 aliphatic carbocycles. The van der Waals surface area contributed by atoms with Crippen molar-refractivity contribution in [3.05, 3.63) is 59.3 Å². The summed E-state index contributed by atoms with van der Waals surface area (Å²) in [5, 5.41) is 18.1. The molecule has 1 aliphatic heterocycles. The zero-order valence-electron chi connectivity index (χ0n) is 15.7. The maximum absolute atomic E-state index is 13.0. The fourth-order valence-electron chi connectivity index (χ4n) is 3.51. The van der Waals surface area contributed by atoms with Crippen LogP contribution in [0.2, 0.25) is 0 Å². The summed E-state index contributed by atoms with van der Waals surface area (Å²) in [4.78, 5) is 22.9. The lowest BCUT2D eigenvalue weighted by Gasteiger charge is -2.32. The van der Waals surface area contributed by atoms with Crippen molar-refractivity contribution in [1.82, 2.24) is 19.7 Å². The zero-order valence-corrected chi connectivity index (χ0v) is 15.7. The molecule has 5 rings (SSSR count). The van der Waals surface area contributed by atoms with Crippen LogP contribution in [-0.2, 0) is 4.79 Å². The number of aryl methyl sites for hydroxylation is 1. The highest BCUT2D eigenvalue weighted by Gasteiger charge is 2.36. The topological polar surface area (TPSA) is 96.2 Å². The van der Waals surface area contributed by atoms with E-state index in [9.17, 15) is 14.3 Å². The summed E-state index contributed by atoms with van der Waals surface area (Å²) in [5.74, 6) is 0.991. The molecule has 1 unspecified atom stereocenters. The number of hydrogen-bond acceptors (Lipinski definition) is 6. The third-order valence-electron chi connectivity index (χ3n) is 5.11. The molecular formula is C20H19FN6O2. The van der Waals surface area contributed by atoms with Crippen LogP contribution in [0.5, 0.6) is 0 Å². The van der Waals surface area contributed by atoms with Crippen molar-refractivity contribution in [3.63, 3.8) is 0 Å². The number of fused-ring (bicyclic) bond motifs is 2. The number of aromatic nitrogens is 4. The standard InChI is InChI=1S/C20H19FN6O2/c1-11-2-6-14-19(23-11)26(10-17(28)24-16-7-5-13(21)9-22-16)18-8-15(12-3-4-12)25-27(18)20(14)29/h2,5-9,12,20,29H,3-4,10H2,1H3,(H,22,24,28). The number of hydrogen-bond donors (Lipinski definition) is 2. The van der Waals surface area contributed by atoms with Crippen molar-refractivity contribution in [2.24, 2.45) is 0 Å². The Morgan fingerprint density at radius 3 is 2.86 bits per heavy atom. The highest BCUT2D eigenvalue weighted by molar-refractivity contribution is 5.94. The Morgan fingerprint density at radius 1 is 1.31 bits per heavy atom. The molecule has 2 N–H and O–H groups in total. The lowest BCUT2D eigenvalue weighted by atomic mass is 10.1. The van der Waals surface area contributed by atoms with Gasteiger partial charge in [0.2, 0.25) is 5.91 Å². The summed E-state index contributed by atoms with van der Waals surface area (Å²) in [6.45, 7) is 1.81. The summed E-state index contributed by atoms with van der Waals surface area (Å²) < 4.78 is 14.6. The molecule has 8 nitrogen and oxygen atoms in total. The molecule has 9 heteroatoms. The first-order valence-electron chi connectivity index (χ1n) is 9.43. The number of anilines is 3. The number of rotatable bonds is 4. The zero-order chi connectivity index (χ0) is 20.1. The molecule has 148 valence electrons. The summed E-state index contributed by atoms with van der Waals surface area (Å²) in [7, 11) is 0. The van der Waals surface area contributed by atoms with Gasteiger partial charge >= 0.3 is 0 Å². The maximum atomic E-state index is 13.0. The van der Waals surface area contributed by atoms with E-state index in [4.69, 9.17) is 0 Å². The summed E-state index contributed by atoms with van der Waals surface area (Å²) in [6, 6.07) is 8.17. The summed E-state index contributed by atoms with van der Waals surface area (Å²) >= 11 is 0. The Balaban J connectivity index is 1.49. The number of carbonyl (C=O) groups is 1. The molecule has 0 radical (unpaired) electrons. The van der Waals surface area contributed by atoms with Gasteiger partial charge in [0.15, 0.2) is 6.23 Å². The van der Waals surface area contributed by atoms with E-state index in [1.54, 1.807) is 11.0 Å². The second-order valence-electron chi connectivity index (χ2n) is 7.38. The van der Waals surface area contributed by atoms with E-state index >= 15 is 0 Å². The van der Waals surface area contributed by atoms with Gasteiger partial charge in [0.25, 0.3) is 0 Å². The van der Waals surface area contributed by atoms with Crippen LogP contribution >= 0.6 is 0 Å². The van der Waals surface area contributed by atoms with Crippen LogP contribution in [0, 0.1) is 12.7 Å². The van der Waals surface area contributed by atoms with Crippen LogP contribution in [0.1, 0.15) is 41.9 Å². The Morgan fingerprint density at radius 2 is 2.14 bits per heavy atom. The van der Waals surface area contributed by atoms with Gasteiger partial charge in [-0.1, -0.05) is 0 Å². The van der Waals surface area contributed by atoms with Crippen molar-refractivity contribution >= 4 is 23.4 Å². The van der Waals surface area contributed by atoms with E-state index in [0.717, 1.165) is 30.4 Å². The Bertz CT molecular complexity index is 1090. The van der Waals surface area contributed by atoms with E-state index in [0.29, 0.717) is 23.1 Å². The van der Waals surface area contributed by atoms with Gasteiger partial charge in [-0.05, 0) is 44.0 Å². The Hall–Kier alpha value is -3.33. The first-order valence-corrected chi connectivity index (χ1v) is 9.43. The molecule has 4 heterocycles. The number of halogens is 1. The number of aliphatic hydroxyl groups is 1. The Kier molecular flexibility index (Phi) is 4.06. The van der Waals surface area contributed by atoms with Gasteiger partial charge in [0.1, 0.15) is 29.8 Å². The highest BCUT2D eigenvalue weighted by atomic mass is 19.1. The van der Waals surface area contributed by atoms with Crippen molar-refractivity contribution in [2.75, 3.05) is 16.8 Å². The first kappa shape index (κ1) is 17.7. The smallest absolute Gasteiger partial charge is 0.245 e. The quantitative estimate of drug-likeness (QED) is 0.706. The van der Waals surface area contributed by atoms with Crippen LogP contribution in [-0.4, -0.2) is 37.3 Å². The predicted molar refractivity (Wildman–Crippen MR) is 103 cm³/mol. The fraction of sp³-hybridized carbons (Fsp3) is 0.300. The SMILES string of the molecule is Cc1ccc2c(n1)N(CC(=O)Nc1ccc(F)cn1)c1cc(C3CC3)nn1C2O. The van der Waals surface area contributed by atoms with Gasteiger partial charge < -0.3 is 15.3 Å². The largest absolute Gasteiger partial charge is 0.368 e. The van der Waals surface area contributed by atoms with E-state index in [-0.39, 0.29) is 18.3 Å². The molecule has 3 aromatic rings. The number of aliphatic hydroxyl groups excluding tert-OH is 1. The monoisotopic (exact) mass is 394 g/mol. The minimum absolute atomic E-state index is 0.0506. The van der Waals surface area contributed by atoms with Gasteiger partial charge in [-0.25, -0.2) is 19.0 Å². The van der Waals surface area contributed by atoms with Crippen molar-refractivity contribution in [2.45, 2.75) is 31.9 Å². The minimum Gasteiger partial charge on any atom is -0.368 e. The van der Waals surface area contributed by atoms with Gasteiger partial charge in [0, 0.05) is 23.2 Å². The van der Waals surface area contributed by atoms with E-state index in [2.05, 4.69) is 20.4 Å². The molecule has 1 fully saturated rings. The fourth-order valence-corrected chi connectivity index (χ4v) is 3.51. The second kappa shape index (κ2) is 6.63. The molecule has 0 aromatic carbocycles. The number of carbonyl (C=O) groups excluding carboxylic acids is 1. The molecule has 1 saturated carbocycles. The number of nitrogens with zero attached hydrogens (tertiary/aromatic N) is 5. The molecular weight excluding hydrogens is 375 g/mol. The van der Waals surface area contributed by atoms with E-state index in [1.165, 1.54) is 16.8 Å². The predicted octanol–water partition coefficient (Wildman–Crippen LogP) is 2.63. The average molecular weight is 394 g/mol. The van der Waals surface area contributed by atoms with Crippen LogP contribution in [0.25, 0.3) is 0 Å². The van der Waals surface area contributed by atoms with Gasteiger partial charge in [-0.3, -0.25) is 4.79 Å². The number of amides is 1. The number of pyridine rings is 2. The average Bonchev–Trinajstić information content (AvgIpc) is 3.45. The lowest BCUT2D eigenvalue weighted by Crippen LogP contribution is -2.36. The van der Waals surface area contributed by atoms with Gasteiger partial charge in [-0.15, -0.1) is 0 Å². The Labute approximate surface area is 166 Å². The van der Waals surface area contributed by atoms with Crippen molar-refractivity contribution in [3.8, 4) is 0 Å². The maximum Gasteiger partial charge on any atom is 0.245 e. The van der Waals surface area contributed by atoms with E-state index in [1.807, 2.05) is 19.1 Å². The van der Waals surface area contributed by atoms with Crippen LogP contribution in [0.15, 0.2) is 36.5 Å². The third kappa shape index (κ3) is 3.23. The molecule has 0 bridgehead atoms. The molecule has 0 saturated heterocycles. The van der Waals surface area contributed by atoms with Gasteiger partial charge in [0.05, 0.1) is 11.9 Å². The summed E-state index contributed by atoms with van der Waals surface area (Å²) in [5.41, 5.74) is 2.27. The first-order chi connectivity index (χ1) is 14.0. The van der Waals surface area contributed by atoms with E-state index < -0.39 is 12.0 Å². The molecule has 3 aromatic heterocycles. The molecule has 29 heavy (non-hydrogen) atoms. The molecule has 2 aliphatic rings. The third-order valence-corrected chi connectivity index (χ3v) is 5.11. The molecule has 0 spiro atoms. The van der Waals surface area contributed by atoms with Crippen molar-refractivity contribution < 1.29 is 14.3 Å². The summed E-state index contributed by atoms with van der Waals surface area (Å²) in [6.07, 6.45) is 2.24. The number of nitrogens with one attached hydrogen (secondary N) is 1. The second-order valence-corrected chi connectivity index (χ2v) is 7.38. The van der Waals surface area contributed by atoms with Crippen molar-refractivity contribution in [1.29, 1.82) is 0 Å². The van der Waals surface area contributed by atoms with Crippen LogP contribution in [0.4, 0.5) is 21.8 Å².